The summed E-state index contributed by atoms with van der Waals surface area (Å²) in [6.45, 7) is 6.08. The maximum atomic E-state index is 11.9. The molecule has 2 heteroatoms. The third kappa shape index (κ3) is 3.84. The summed E-state index contributed by atoms with van der Waals surface area (Å²) in [5, 5.41) is 0. The van der Waals surface area contributed by atoms with Crippen LogP contribution in [0.15, 0.2) is 0 Å². The first kappa shape index (κ1) is 12.5. The number of hydrogen-bond donors (Lipinski definition) is 0. The first-order valence-electron chi connectivity index (χ1n) is 6.27. The summed E-state index contributed by atoms with van der Waals surface area (Å²) in [5.74, 6) is -0.00347. The van der Waals surface area contributed by atoms with Crippen molar-refractivity contribution in [3.8, 4) is 0 Å². The zero-order valence-electron chi connectivity index (χ0n) is 10.3. The van der Waals surface area contributed by atoms with E-state index in [2.05, 4.69) is 6.92 Å². The summed E-state index contributed by atoms with van der Waals surface area (Å²) in [6.07, 6.45) is 8.00. The number of ether oxygens (including phenoxy) is 1. The predicted octanol–water partition coefficient (Wildman–Crippen LogP) is 3.69. The molecule has 0 aliphatic heterocycles. The van der Waals surface area contributed by atoms with Crippen molar-refractivity contribution in [1.29, 1.82) is 0 Å². The van der Waals surface area contributed by atoms with E-state index in [1.54, 1.807) is 0 Å². The maximum Gasteiger partial charge on any atom is 0.311 e. The van der Waals surface area contributed by atoms with Crippen molar-refractivity contribution in [3.63, 3.8) is 0 Å². The monoisotopic (exact) mass is 212 g/mol. The Kier molecular flexibility index (Phi) is 4.62. The van der Waals surface area contributed by atoms with E-state index in [-0.39, 0.29) is 17.5 Å². The van der Waals surface area contributed by atoms with Crippen LogP contribution in [-0.4, -0.2) is 12.1 Å². The molecule has 15 heavy (non-hydrogen) atoms. The summed E-state index contributed by atoms with van der Waals surface area (Å²) < 4.78 is 5.57. The van der Waals surface area contributed by atoms with Gasteiger partial charge in [0.25, 0.3) is 0 Å². The highest BCUT2D eigenvalue weighted by Gasteiger charge is 2.30. The molecular formula is C13H24O2. The van der Waals surface area contributed by atoms with Gasteiger partial charge in [0, 0.05) is 0 Å². The van der Waals surface area contributed by atoms with Gasteiger partial charge in [-0.3, -0.25) is 4.79 Å². The molecule has 0 spiro atoms. The Balaban J connectivity index is 2.39. The highest BCUT2D eigenvalue weighted by Crippen LogP contribution is 2.27. The molecule has 0 heterocycles. The van der Waals surface area contributed by atoms with E-state index in [0.29, 0.717) is 0 Å². The Bertz CT molecular complexity index is 203. The molecule has 88 valence electrons. The highest BCUT2D eigenvalue weighted by molar-refractivity contribution is 5.76. The van der Waals surface area contributed by atoms with Crippen molar-refractivity contribution in [2.24, 2.45) is 5.41 Å². The number of carbonyl (C=O) groups is 1. The summed E-state index contributed by atoms with van der Waals surface area (Å²) in [4.78, 5) is 11.9. The van der Waals surface area contributed by atoms with Gasteiger partial charge < -0.3 is 4.74 Å². The van der Waals surface area contributed by atoms with E-state index >= 15 is 0 Å². The molecule has 0 bridgehead atoms. The molecule has 1 aliphatic rings. The number of hydrogen-bond acceptors (Lipinski definition) is 2. The normalized spacial score (nSPS) is 18.9. The third-order valence-corrected chi connectivity index (χ3v) is 3.25. The average Bonchev–Trinajstić information content (AvgIpc) is 2.19. The zero-order valence-corrected chi connectivity index (χ0v) is 10.3. The first-order valence-corrected chi connectivity index (χ1v) is 6.27. The Morgan fingerprint density at radius 2 is 1.87 bits per heavy atom. The Morgan fingerprint density at radius 1 is 1.27 bits per heavy atom. The smallest absolute Gasteiger partial charge is 0.311 e. The van der Waals surface area contributed by atoms with Gasteiger partial charge in [0.2, 0.25) is 0 Å². The van der Waals surface area contributed by atoms with Crippen LogP contribution < -0.4 is 0 Å². The zero-order chi connectivity index (χ0) is 11.3. The lowest BCUT2D eigenvalue weighted by Gasteiger charge is -2.28. The van der Waals surface area contributed by atoms with Crippen LogP contribution in [0.25, 0.3) is 0 Å². The Labute approximate surface area is 93.4 Å². The molecule has 0 aromatic rings. The van der Waals surface area contributed by atoms with E-state index in [0.717, 1.165) is 25.7 Å². The quantitative estimate of drug-likeness (QED) is 0.664. The van der Waals surface area contributed by atoms with Crippen LogP contribution in [0.3, 0.4) is 0 Å². The van der Waals surface area contributed by atoms with E-state index in [4.69, 9.17) is 4.74 Å². The Morgan fingerprint density at radius 3 is 2.40 bits per heavy atom. The van der Waals surface area contributed by atoms with Gasteiger partial charge in [0.1, 0.15) is 6.10 Å². The van der Waals surface area contributed by atoms with E-state index in [1.165, 1.54) is 19.3 Å². The topological polar surface area (TPSA) is 26.3 Å². The lowest BCUT2D eigenvalue weighted by molar-refractivity contribution is -0.161. The van der Waals surface area contributed by atoms with Crippen LogP contribution in [-0.2, 0) is 9.53 Å². The standard InChI is InChI=1S/C13H24O2/c1-4-10-13(2,3)12(14)15-11-8-6-5-7-9-11/h11H,4-10H2,1-3H3. The third-order valence-electron chi connectivity index (χ3n) is 3.25. The van der Waals surface area contributed by atoms with E-state index in [1.807, 2.05) is 13.8 Å². The number of rotatable bonds is 4. The number of esters is 1. The van der Waals surface area contributed by atoms with Gasteiger partial charge in [-0.15, -0.1) is 0 Å². The fourth-order valence-electron chi connectivity index (χ4n) is 2.22. The summed E-state index contributed by atoms with van der Waals surface area (Å²) in [5.41, 5.74) is -0.299. The van der Waals surface area contributed by atoms with Crippen molar-refractivity contribution in [2.75, 3.05) is 0 Å². The molecule has 1 rings (SSSR count). The molecule has 0 aromatic carbocycles. The summed E-state index contributed by atoms with van der Waals surface area (Å²) >= 11 is 0. The van der Waals surface area contributed by atoms with Crippen LogP contribution >= 0.6 is 0 Å². The van der Waals surface area contributed by atoms with E-state index < -0.39 is 0 Å². The van der Waals surface area contributed by atoms with Crippen LogP contribution in [0, 0.1) is 5.41 Å². The lowest BCUT2D eigenvalue weighted by Crippen LogP contribution is -2.31. The Hall–Kier alpha value is -0.530. The van der Waals surface area contributed by atoms with E-state index in [9.17, 15) is 4.79 Å². The SMILES string of the molecule is CCCC(C)(C)C(=O)OC1CCCCC1. The molecule has 0 N–H and O–H groups in total. The van der Waals surface area contributed by atoms with Gasteiger partial charge in [-0.2, -0.15) is 0 Å². The van der Waals surface area contributed by atoms with Crippen LogP contribution in [0.4, 0.5) is 0 Å². The van der Waals surface area contributed by atoms with Gasteiger partial charge in [-0.05, 0) is 46.0 Å². The fourth-order valence-corrected chi connectivity index (χ4v) is 2.22. The predicted molar refractivity (Wildman–Crippen MR) is 61.7 cm³/mol. The second-order valence-electron chi connectivity index (χ2n) is 5.30. The molecule has 1 fully saturated rings. The molecule has 1 aliphatic carbocycles. The minimum absolute atomic E-state index is 0.00347. The van der Waals surface area contributed by atoms with Crippen LogP contribution in [0.5, 0.6) is 0 Å². The van der Waals surface area contributed by atoms with Crippen molar-refractivity contribution in [2.45, 2.75) is 71.8 Å². The van der Waals surface area contributed by atoms with Crippen molar-refractivity contribution in [1.82, 2.24) is 0 Å². The molecule has 0 amide bonds. The summed E-state index contributed by atoms with van der Waals surface area (Å²) in [7, 11) is 0. The average molecular weight is 212 g/mol. The summed E-state index contributed by atoms with van der Waals surface area (Å²) in [6, 6.07) is 0. The molecule has 0 radical (unpaired) electrons. The van der Waals surface area contributed by atoms with Gasteiger partial charge in [0.05, 0.1) is 5.41 Å². The molecule has 0 saturated heterocycles. The second-order valence-corrected chi connectivity index (χ2v) is 5.30. The van der Waals surface area contributed by atoms with Gasteiger partial charge in [-0.1, -0.05) is 19.8 Å². The molecule has 0 unspecified atom stereocenters. The lowest BCUT2D eigenvalue weighted by atomic mass is 9.88. The first-order chi connectivity index (χ1) is 7.06. The van der Waals surface area contributed by atoms with Gasteiger partial charge in [0.15, 0.2) is 0 Å². The minimum atomic E-state index is -0.299. The second kappa shape index (κ2) is 5.53. The van der Waals surface area contributed by atoms with Crippen LogP contribution in [0.1, 0.15) is 65.7 Å². The number of carbonyl (C=O) groups excluding carboxylic acids is 1. The highest BCUT2D eigenvalue weighted by atomic mass is 16.5. The van der Waals surface area contributed by atoms with Crippen molar-refractivity contribution in [3.05, 3.63) is 0 Å². The fraction of sp³-hybridized carbons (Fsp3) is 0.923. The van der Waals surface area contributed by atoms with Crippen molar-refractivity contribution < 1.29 is 9.53 Å². The minimum Gasteiger partial charge on any atom is -0.462 e. The van der Waals surface area contributed by atoms with Crippen molar-refractivity contribution >= 4 is 5.97 Å². The molecular weight excluding hydrogens is 188 g/mol. The molecule has 0 atom stereocenters. The molecule has 2 nitrogen and oxygen atoms in total. The van der Waals surface area contributed by atoms with Crippen LogP contribution in [0.2, 0.25) is 0 Å². The molecule has 0 aromatic heterocycles. The largest absolute Gasteiger partial charge is 0.462 e. The van der Waals surface area contributed by atoms with Gasteiger partial charge in [-0.25, -0.2) is 0 Å². The maximum absolute atomic E-state index is 11.9. The molecule has 1 saturated carbocycles. The van der Waals surface area contributed by atoms with Gasteiger partial charge >= 0.3 is 5.97 Å².